The van der Waals surface area contributed by atoms with E-state index < -0.39 is 0 Å². The third kappa shape index (κ3) is 4.00. The van der Waals surface area contributed by atoms with Crippen molar-refractivity contribution in [2.24, 2.45) is 0 Å². The van der Waals surface area contributed by atoms with Crippen molar-refractivity contribution in [3.05, 3.63) is 63.8 Å². The average molecular weight is 437 g/mol. The van der Waals surface area contributed by atoms with Crippen LogP contribution in [0.2, 0.25) is 0 Å². The zero-order valence-corrected chi connectivity index (χ0v) is 14.9. The van der Waals surface area contributed by atoms with Crippen molar-refractivity contribution in [3.63, 3.8) is 0 Å². The van der Waals surface area contributed by atoms with Crippen LogP contribution in [0.4, 0.5) is 5.69 Å². The third-order valence-corrected chi connectivity index (χ3v) is 3.92. The number of hydrogen-bond acceptors (Lipinski definition) is 5. The number of nitrogen functional groups attached to an aromatic ring is 1. The molecule has 7 heteroatoms. The summed E-state index contributed by atoms with van der Waals surface area (Å²) in [6.07, 6.45) is 1.35. The topological polar surface area (TPSA) is 70.3 Å². The Kier molecular flexibility index (Phi) is 4.78. The number of halogens is 2. The van der Waals surface area contributed by atoms with Crippen molar-refractivity contribution >= 4 is 37.5 Å². The lowest BCUT2D eigenvalue weighted by Crippen LogP contribution is -2.00. The van der Waals surface area contributed by atoms with E-state index in [9.17, 15) is 0 Å². The fourth-order valence-electron chi connectivity index (χ4n) is 1.76. The molecule has 3 rings (SSSR count). The van der Waals surface area contributed by atoms with E-state index in [4.69, 9.17) is 15.2 Å². The minimum Gasteiger partial charge on any atom is -0.437 e. The Morgan fingerprint density at radius 2 is 1.09 bits per heavy atom. The molecule has 3 aromatic rings. The molecule has 0 saturated carbocycles. The Morgan fingerprint density at radius 3 is 1.48 bits per heavy atom. The van der Waals surface area contributed by atoms with Crippen molar-refractivity contribution < 1.29 is 9.47 Å². The van der Waals surface area contributed by atoms with Gasteiger partial charge in [0.2, 0.25) is 11.8 Å². The normalized spacial score (nSPS) is 10.3. The first-order chi connectivity index (χ1) is 11.1. The lowest BCUT2D eigenvalue weighted by atomic mass is 10.3. The van der Waals surface area contributed by atoms with Crippen LogP contribution in [0.25, 0.3) is 0 Å². The van der Waals surface area contributed by atoms with Gasteiger partial charge in [0.05, 0.1) is 0 Å². The van der Waals surface area contributed by atoms with Gasteiger partial charge in [-0.1, -0.05) is 31.9 Å². The van der Waals surface area contributed by atoms with Gasteiger partial charge < -0.3 is 15.2 Å². The molecule has 23 heavy (non-hydrogen) atoms. The van der Waals surface area contributed by atoms with Crippen LogP contribution in [0.1, 0.15) is 0 Å². The van der Waals surface area contributed by atoms with Crippen LogP contribution in [0.3, 0.4) is 0 Å². The van der Waals surface area contributed by atoms with Gasteiger partial charge in [-0.15, -0.1) is 0 Å². The fourth-order valence-corrected chi connectivity index (χ4v) is 2.28. The standard InChI is InChI=1S/C16H11Br2N3O2/c17-10-1-5-12(6-2-10)22-15-14(19)16(21-9-20-15)23-13-7-3-11(18)4-8-13/h1-9H,19H2. The summed E-state index contributed by atoms with van der Waals surface area (Å²) in [5.41, 5.74) is 6.28. The van der Waals surface area contributed by atoms with Crippen LogP contribution in [0.5, 0.6) is 23.3 Å². The second-order valence-corrected chi connectivity index (χ2v) is 6.34. The minimum absolute atomic E-state index is 0.235. The third-order valence-electron chi connectivity index (χ3n) is 2.87. The van der Waals surface area contributed by atoms with Gasteiger partial charge in [0, 0.05) is 8.95 Å². The molecule has 2 aromatic carbocycles. The summed E-state index contributed by atoms with van der Waals surface area (Å²) >= 11 is 6.74. The number of benzene rings is 2. The van der Waals surface area contributed by atoms with E-state index in [1.54, 1.807) is 24.3 Å². The summed E-state index contributed by atoms with van der Waals surface area (Å²) in [6.45, 7) is 0. The van der Waals surface area contributed by atoms with Gasteiger partial charge in [0.25, 0.3) is 0 Å². The van der Waals surface area contributed by atoms with Gasteiger partial charge in [0.1, 0.15) is 17.8 Å². The first kappa shape index (κ1) is 15.8. The molecule has 116 valence electrons. The summed E-state index contributed by atoms with van der Waals surface area (Å²) < 4.78 is 13.3. The first-order valence-corrected chi connectivity index (χ1v) is 8.18. The minimum atomic E-state index is 0.235. The van der Waals surface area contributed by atoms with Crippen LogP contribution in [0.15, 0.2) is 63.8 Å². The summed E-state index contributed by atoms with van der Waals surface area (Å²) in [7, 11) is 0. The number of rotatable bonds is 4. The molecule has 0 atom stereocenters. The smallest absolute Gasteiger partial charge is 0.249 e. The molecule has 0 aliphatic rings. The summed E-state index contributed by atoms with van der Waals surface area (Å²) in [4.78, 5) is 8.11. The van der Waals surface area contributed by atoms with Crippen molar-refractivity contribution in [2.75, 3.05) is 5.73 Å². The number of nitrogens with zero attached hydrogens (tertiary/aromatic N) is 2. The Bertz CT molecular complexity index is 743. The van der Waals surface area contributed by atoms with Crippen LogP contribution in [-0.2, 0) is 0 Å². The van der Waals surface area contributed by atoms with Gasteiger partial charge in [-0.3, -0.25) is 0 Å². The van der Waals surface area contributed by atoms with Gasteiger partial charge in [0.15, 0.2) is 5.69 Å². The molecule has 0 aliphatic carbocycles. The average Bonchev–Trinajstić information content (AvgIpc) is 2.55. The maximum Gasteiger partial charge on any atom is 0.249 e. The molecule has 1 heterocycles. The first-order valence-electron chi connectivity index (χ1n) is 6.59. The van der Waals surface area contributed by atoms with E-state index >= 15 is 0 Å². The lowest BCUT2D eigenvalue weighted by molar-refractivity contribution is 0.438. The van der Waals surface area contributed by atoms with E-state index in [0.717, 1.165) is 8.95 Å². The Balaban J connectivity index is 1.83. The predicted octanol–water partition coefficient (Wildman–Crippen LogP) is 5.17. The second kappa shape index (κ2) is 6.97. The van der Waals surface area contributed by atoms with E-state index in [0.29, 0.717) is 11.5 Å². The number of aromatic nitrogens is 2. The number of hydrogen-bond donors (Lipinski definition) is 1. The molecule has 1 aromatic heterocycles. The van der Waals surface area contributed by atoms with Gasteiger partial charge in [-0.05, 0) is 48.5 Å². The molecule has 0 bridgehead atoms. The van der Waals surface area contributed by atoms with Crippen molar-refractivity contribution in [3.8, 4) is 23.3 Å². The zero-order chi connectivity index (χ0) is 16.2. The Morgan fingerprint density at radius 1 is 0.696 bits per heavy atom. The largest absolute Gasteiger partial charge is 0.437 e. The summed E-state index contributed by atoms with van der Waals surface area (Å²) in [6, 6.07) is 14.7. The van der Waals surface area contributed by atoms with Crippen LogP contribution in [0, 0.1) is 0 Å². The van der Waals surface area contributed by atoms with E-state index in [1.807, 2.05) is 24.3 Å². The van der Waals surface area contributed by atoms with E-state index in [2.05, 4.69) is 41.8 Å². The van der Waals surface area contributed by atoms with Crippen molar-refractivity contribution in [1.82, 2.24) is 9.97 Å². The molecule has 2 N–H and O–H groups in total. The molecule has 0 unspecified atom stereocenters. The second-order valence-electron chi connectivity index (χ2n) is 4.51. The lowest BCUT2D eigenvalue weighted by Gasteiger charge is -2.11. The molecule has 0 amide bonds. The highest BCUT2D eigenvalue weighted by Gasteiger charge is 2.12. The summed E-state index contributed by atoms with van der Waals surface area (Å²) in [5, 5.41) is 0. The monoisotopic (exact) mass is 435 g/mol. The highest BCUT2D eigenvalue weighted by atomic mass is 79.9. The van der Waals surface area contributed by atoms with Gasteiger partial charge in [-0.25, -0.2) is 0 Å². The quantitative estimate of drug-likeness (QED) is 0.610. The molecule has 0 radical (unpaired) electrons. The van der Waals surface area contributed by atoms with Crippen molar-refractivity contribution in [2.45, 2.75) is 0 Å². The van der Waals surface area contributed by atoms with Crippen LogP contribution in [-0.4, -0.2) is 9.97 Å². The van der Waals surface area contributed by atoms with E-state index in [-0.39, 0.29) is 17.4 Å². The molecular formula is C16H11Br2N3O2. The highest BCUT2D eigenvalue weighted by molar-refractivity contribution is 9.10. The van der Waals surface area contributed by atoms with Gasteiger partial charge >= 0.3 is 0 Å². The Hall–Kier alpha value is -2.12. The fraction of sp³-hybridized carbons (Fsp3) is 0. The SMILES string of the molecule is Nc1c(Oc2ccc(Br)cc2)ncnc1Oc1ccc(Br)cc1. The molecule has 0 aliphatic heterocycles. The molecule has 5 nitrogen and oxygen atoms in total. The van der Waals surface area contributed by atoms with E-state index in [1.165, 1.54) is 6.33 Å². The van der Waals surface area contributed by atoms with Crippen LogP contribution < -0.4 is 15.2 Å². The number of anilines is 1. The summed E-state index contributed by atoms with van der Waals surface area (Å²) in [5.74, 6) is 1.73. The van der Waals surface area contributed by atoms with Gasteiger partial charge in [-0.2, -0.15) is 9.97 Å². The predicted molar refractivity (Wildman–Crippen MR) is 94.9 cm³/mol. The molecule has 0 spiro atoms. The Labute approximate surface area is 149 Å². The molecule has 0 fully saturated rings. The zero-order valence-electron chi connectivity index (χ0n) is 11.7. The number of nitrogens with two attached hydrogens (primary N) is 1. The van der Waals surface area contributed by atoms with Crippen molar-refractivity contribution in [1.29, 1.82) is 0 Å². The maximum atomic E-state index is 6.05. The highest BCUT2D eigenvalue weighted by Crippen LogP contribution is 2.33. The maximum absolute atomic E-state index is 6.05. The molecule has 0 saturated heterocycles. The molecular weight excluding hydrogens is 426 g/mol. The number of ether oxygens (including phenoxy) is 2. The van der Waals surface area contributed by atoms with Crippen LogP contribution >= 0.6 is 31.9 Å².